The summed E-state index contributed by atoms with van der Waals surface area (Å²) in [6, 6.07) is 22.8. The average molecular weight is 326 g/mol. The molecule has 2 amide bonds. The molecule has 1 aliphatic carbocycles. The second-order valence-electron chi connectivity index (χ2n) is 6.66. The number of carbonyl (C=O) groups is 1. The molecule has 3 aromatic rings. The smallest absolute Gasteiger partial charge is 0.319 e. The molecule has 0 saturated heterocycles. The van der Waals surface area contributed by atoms with E-state index in [4.69, 9.17) is 0 Å². The zero-order valence-corrected chi connectivity index (χ0v) is 13.8. The number of urea groups is 1. The highest BCUT2D eigenvalue weighted by Crippen LogP contribution is 2.40. The number of hydrogen-bond acceptors (Lipinski definition) is 1. The van der Waals surface area contributed by atoms with Crippen LogP contribution in [0.5, 0.6) is 0 Å². The van der Waals surface area contributed by atoms with Crippen molar-refractivity contribution < 1.29 is 4.79 Å². The summed E-state index contributed by atoms with van der Waals surface area (Å²) in [6.07, 6.45) is 1.96. The van der Waals surface area contributed by atoms with Gasteiger partial charge in [0.2, 0.25) is 0 Å². The van der Waals surface area contributed by atoms with Crippen molar-refractivity contribution in [3.05, 3.63) is 89.0 Å². The van der Waals surface area contributed by atoms with Gasteiger partial charge in [-0.1, -0.05) is 66.7 Å². The van der Waals surface area contributed by atoms with E-state index in [0.29, 0.717) is 0 Å². The third-order valence-corrected chi connectivity index (χ3v) is 5.27. The Morgan fingerprint density at radius 1 is 0.840 bits per heavy atom. The van der Waals surface area contributed by atoms with Gasteiger partial charge in [-0.15, -0.1) is 0 Å². The van der Waals surface area contributed by atoms with Crippen LogP contribution in [0.4, 0.5) is 4.79 Å². The first-order valence-electron chi connectivity index (χ1n) is 8.68. The van der Waals surface area contributed by atoms with Crippen molar-refractivity contribution in [1.29, 1.82) is 0 Å². The van der Waals surface area contributed by atoms with Crippen molar-refractivity contribution in [3.63, 3.8) is 0 Å². The van der Waals surface area contributed by atoms with Gasteiger partial charge in [0.05, 0.1) is 11.7 Å². The third-order valence-electron chi connectivity index (χ3n) is 5.27. The fourth-order valence-electron chi connectivity index (χ4n) is 4.12. The van der Waals surface area contributed by atoms with E-state index < -0.39 is 0 Å². The zero-order valence-electron chi connectivity index (χ0n) is 13.8. The van der Waals surface area contributed by atoms with Gasteiger partial charge >= 0.3 is 6.03 Å². The van der Waals surface area contributed by atoms with Gasteiger partial charge in [-0.25, -0.2) is 4.79 Å². The Hall–Kier alpha value is -3.07. The average Bonchev–Trinajstić information content (AvgIpc) is 2.67. The summed E-state index contributed by atoms with van der Waals surface area (Å²) >= 11 is 0. The van der Waals surface area contributed by atoms with Crippen LogP contribution in [0, 0.1) is 0 Å². The minimum Gasteiger partial charge on any atom is -0.327 e. The first-order chi connectivity index (χ1) is 12.3. The molecule has 1 atom stereocenters. The van der Waals surface area contributed by atoms with E-state index in [2.05, 4.69) is 71.3 Å². The second kappa shape index (κ2) is 5.49. The van der Waals surface area contributed by atoms with E-state index in [1.54, 1.807) is 0 Å². The van der Waals surface area contributed by atoms with Gasteiger partial charge in [0.25, 0.3) is 0 Å². The molecule has 0 radical (unpaired) electrons. The molecule has 122 valence electrons. The van der Waals surface area contributed by atoms with E-state index in [1.807, 2.05) is 6.07 Å². The van der Waals surface area contributed by atoms with Crippen LogP contribution >= 0.6 is 0 Å². The number of hydrogen-bond donors (Lipinski definition) is 2. The summed E-state index contributed by atoms with van der Waals surface area (Å²) in [4.78, 5) is 12.4. The van der Waals surface area contributed by atoms with E-state index in [9.17, 15) is 4.79 Å². The topological polar surface area (TPSA) is 41.1 Å². The molecule has 5 rings (SSSR count). The summed E-state index contributed by atoms with van der Waals surface area (Å²) < 4.78 is 0. The Bertz CT molecular complexity index is 1030. The zero-order chi connectivity index (χ0) is 16.8. The van der Waals surface area contributed by atoms with Crippen LogP contribution in [0.1, 0.15) is 29.2 Å². The Morgan fingerprint density at radius 2 is 1.64 bits per heavy atom. The lowest BCUT2D eigenvalue weighted by Gasteiger charge is -2.34. The number of carbonyl (C=O) groups excluding carboxylic acids is 1. The molecular weight excluding hydrogens is 308 g/mol. The summed E-state index contributed by atoms with van der Waals surface area (Å²) in [5, 5.41) is 8.60. The molecule has 2 aliphatic rings. The monoisotopic (exact) mass is 326 g/mol. The van der Waals surface area contributed by atoms with Gasteiger partial charge in [-0.2, -0.15) is 0 Å². The van der Waals surface area contributed by atoms with Crippen molar-refractivity contribution in [1.82, 2.24) is 10.6 Å². The maximum absolute atomic E-state index is 12.4. The van der Waals surface area contributed by atoms with Gasteiger partial charge in [0.15, 0.2) is 0 Å². The Labute approximate surface area is 146 Å². The number of benzene rings is 3. The van der Waals surface area contributed by atoms with Gasteiger partial charge in [-0.05, 0) is 40.3 Å². The standard InChI is InChI=1S/C22H18N2O/c25-22-23-20-17-10-4-2-7-15(17)12-13-19(20)21(24-22)18-11-5-8-14-6-1-3-9-16(14)18/h1-11,21H,12-13H2,(H2,23,24,25). The molecule has 1 aliphatic heterocycles. The van der Waals surface area contributed by atoms with Crippen LogP contribution in [-0.4, -0.2) is 6.03 Å². The van der Waals surface area contributed by atoms with Crippen LogP contribution in [0.15, 0.2) is 72.3 Å². The van der Waals surface area contributed by atoms with Gasteiger partial charge < -0.3 is 10.6 Å². The van der Waals surface area contributed by atoms with Gasteiger partial charge in [-0.3, -0.25) is 0 Å². The Kier molecular flexibility index (Phi) is 3.14. The fraction of sp³-hybridized carbons (Fsp3) is 0.136. The molecule has 0 bridgehead atoms. The van der Waals surface area contributed by atoms with Gasteiger partial charge in [0.1, 0.15) is 0 Å². The van der Waals surface area contributed by atoms with Crippen molar-refractivity contribution in [2.75, 3.05) is 0 Å². The molecule has 3 aromatic carbocycles. The number of rotatable bonds is 1. The SMILES string of the molecule is O=C1NC2=C(CCc3ccccc32)C(c2cccc3ccccc23)N1. The summed E-state index contributed by atoms with van der Waals surface area (Å²) in [6.45, 7) is 0. The van der Waals surface area contributed by atoms with Crippen LogP contribution in [-0.2, 0) is 6.42 Å². The van der Waals surface area contributed by atoms with E-state index >= 15 is 0 Å². The van der Waals surface area contributed by atoms with Crippen molar-refractivity contribution in [2.24, 2.45) is 0 Å². The highest BCUT2D eigenvalue weighted by Gasteiger charge is 2.32. The molecule has 1 unspecified atom stereocenters. The van der Waals surface area contributed by atoms with Crippen LogP contribution in [0.25, 0.3) is 16.5 Å². The van der Waals surface area contributed by atoms with Crippen molar-refractivity contribution in [2.45, 2.75) is 18.9 Å². The predicted octanol–water partition coefficient (Wildman–Crippen LogP) is 4.55. The lowest BCUT2D eigenvalue weighted by Crippen LogP contribution is -2.44. The number of aryl methyl sites for hydroxylation is 1. The van der Waals surface area contributed by atoms with Crippen LogP contribution < -0.4 is 10.6 Å². The van der Waals surface area contributed by atoms with Crippen LogP contribution in [0.2, 0.25) is 0 Å². The molecule has 25 heavy (non-hydrogen) atoms. The third kappa shape index (κ3) is 2.23. The molecule has 0 fully saturated rings. The lowest BCUT2D eigenvalue weighted by molar-refractivity contribution is 0.240. The predicted molar refractivity (Wildman–Crippen MR) is 100 cm³/mol. The summed E-state index contributed by atoms with van der Waals surface area (Å²) in [5.74, 6) is 0. The minimum atomic E-state index is -0.131. The lowest BCUT2D eigenvalue weighted by atomic mass is 9.82. The molecule has 0 aromatic heterocycles. The van der Waals surface area contributed by atoms with Crippen LogP contribution in [0.3, 0.4) is 0 Å². The van der Waals surface area contributed by atoms with E-state index in [0.717, 1.165) is 24.1 Å². The summed E-state index contributed by atoms with van der Waals surface area (Å²) in [7, 11) is 0. The molecular formula is C22H18N2O. The maximum atomic E-state index is 12.4. The normalized spacial score (nSPS) is 19.0. The van der Waals surface area contributed by atoms with Gasteiger partial charge in [0, 0.05) is 5.56 Å². The first kappa shape index (κ1) is 14.3. The van der Waals surface area contributed by atoms with Crippen molar-refractivity contribution in [3.8, 4) is 0 Å². The maximum Gasteiger partial charge on any atom is 0.319 e. The molecule has 0 saturated carbocycles. The molecule has 3 heteroatoms. The highest BCUT2D eigenvalue weighted by atomic mass is 16.2. The largest absolute Gasteiger partial charge is 0.327 e. The van der Waals surface area contributed by atoms with E-state index in [1.165, 1.54) is 27.5 Å². The highest BCUT2D eigenvalue weighted by molar-refractivity contribution is 5.94. The fourth-order valence-corrected chi connectivity index (χ4v) is 4.12. The van der Waals surface area contributed by atoms with Crippen molar-refractivity contribution >= 4 is 22.5 Å². The number of amides is 2. The first-order valence-corrected chi connectivity index (χ1v) is 8.68. The molecule has 1 heterocycles. The minimum absolute atomic E-state index is 0.0804. The molecule has 0 spiro atoms. The summed E-state index contributed by atoms with van der Waals surface area (Å²) in [5.41, 5.74) is 5.89. The Morgan fingerprint density at radius 3 is 2.60 bits per heavy atom. The quantitative estimate of drug-likeness (QED) is 0.677. The molecule has 2 N–H and O–H groups in total. The Balaban J connectivity index is 1.73. The number of nitrogens with one attached hydrogen (secondary N) is 2. The van der Waals surface area contributed by atoms with E-state index in [-0.39, 0.29) is 12.1 Å². The number of fused-ring (bicyclic) bond motifs is 3. The molecule has 3 nitrogen and oxygen atoms in total. The second-order valence-corrected chi connectivity index (χ2v) is 6.66.